The molecule has 17 heavy (non-hydrogen) atoms. The molecule has 0 atom stereocenters. The van der Waals surface area contributed by atoms with Crippen LogP contribution in [0.1, 0.15) is 18.9 Å². The molecule has 5 heteroatoms. The molecule has 0 heterocycles. The Morgan fingerprint density at radius 3 is 2.65 bits per heavy atom. The molecule has 0 aliphatic rings. The largest absolute Gasteiger partial charge is 0.493 e. The topological polar surface area (TPSA) is 69.4 Å². The Bertz CT molecular complexity index is 443. The predicted molar refractivity (Wildman–Crippen MR) is 68.8 cm³/mol. The quantitative estimate of drug-likeness (QED) is 0.749. The fourth-order valence-electron chi connectivity index (χ4n) is 1.42. The molecule has 0 fully saturated rings. The Hall–Kier alpha value is -1.07. The molecule has 0 radical (unpaired) electrons. The number of ether oxygens (including phenoxy) is 1. The molecule has 1 aromatic rings. The summed E-state index contributed by atoms with van der Waals surface area (Å²) in [7, 11) is -2.89. The SMILES string of the molecule is CCS(=O)(=O)CCCOc1ccccc1CN. The van der Waals surface area contributed by atoms with Crippen molar-refractivity contribution in [3.63, 3.8) is 0 Å². The van der Waals surface area contributed by atoms with Crippen LogP contribution in [0, 0.1) is 0 Å². The predicted octanol–water partition coefficient (Wildman–Crippen LogP) is 1.35. The van der Waals surface area contributed by atoms with Crippen molar-refractivity contribution in [3.05, 3.63) is 29.8 Å². The highest BCUT2D eigenvalue weighted by Gasteiger charge is 2.07. The second-order valence-electron chi connectivity index (χ2n) is 3.75. The Balaban J connectivity index is 2.41. The summed E-state index contributed by atoms with van der Waals surface area (Å²) in [5.41, 5.74) is 6.51. The normalized spacial score (nSPS) is 11.4. The zero-order chi connectivity index (χ0) is 12.7. The van der Waals surface area contributed by atoms with Crippen LogP contribution in [0.25, 0.3) is 0 Å². The van der Waals surface area contributed by atoms with Gasteiger partial charge in [0.15, 0.2) is 0 Å². The third-order valence-electron chi connectivity index (χ3n) is 2.49. The standard InChI is InChI=1S/C12H19NO3S/c1-2-17(14,15)9-5-8-16-12-7-4-3-6-11(12)10-13/h3-4,6-7H,2,5,8-10,13H2,1H3. The van der Waals surface area contributed by atoms with Gasteiger partial charge in [0, 0.05) is 17.9 Å². The fraction of sp³-hybridized carbons (Fsp3) is 0.500. The minimum atomic E-state index is -2.89. The first-order valence-corrected chi connectivity index (χ1v) is 7.52. The van der Waals surface area contributed by atoms with E-state index in [0.29, 0.717) is 19.6 Å². The smallest absolute Gasteiger partial charge is 0.150 e. The Morgan fingerprint density at radius 2 is 2.00 bits per heavy atom. The molecule has 1 aromatic carbocycles. The number of para-hydroxylation sites is 1. The van der Waals surface area contributed by atoms with E-state index < -0.39 is 9.84 Å². The molecule has 0 saturated heterocycles. The van der Waals surface area contributed by atoms with Crippen molar-refractivity contribution in [2.24, 2.45) is 5.73 Å². The lowest BCUT2D eigenvalue weighted by Crippen LogP contribution is -2.12. The Labute approximate surface area is 103 Å². The van der Waals surface area contributed by atoms with Crippen molar-refractivity contribution in [2.45, 2.75) is 19.9 Å². The summed E-state index contributed by atoms with van der Waals surface area (Å²) < 4.78 is 28.0. The zero-order valence-corrected chi connectivity index (χ0v) is 10.9. The molecule has 4 nitrogen and oxygen atoms in total. The number of rotatable bonds is 7. The van der Waals surface area contributed by atoms with Gasteiger partial charge in [-0.05, 0) is 12.5 Å². The first-order valence-electron chi connectivity index (χ1n) is 5.70. The van der Waals surface area contributed by atoms with Gasteiger partial charge in [-0.1, -0.05) is 25.1 Å². The average molecular weight is 257 g/mol. The highest BCUT2D eigenvalue weighted by molar-refractivity contribution is 7.91. The second-order valence-corrected chi connectivity index (χ2v) is 6.22. The van der Waals surface area contributed by atoms with Crippen LogP contribution in [0.3, 0.4) is 0 Å². The summed E-state index contributed by atoms with van der Waals surface area (Å²) in [6.07, 6.45) is 0.509. The van der Waals surface area contributed by atoms with E-state index in [-0.39, 0.29) is 11.5 Å². The third-order valence-corrected chi connectivity index (χ3v) is 4.28. The van der Waals surface area contributed by atoms with E-state index >= 15 is 0 Å². The molecule has 0 unspecified atom stereocenters. The first-order chi connectivity index (χ1) is 8.09. The van der Waals surface area contributed by atoms with Gasteiger partial charge in [-0.2, -0.15) is 0 Å². The molecule has 0 aliphatic carbocycles. The van der Waals surface area contributed by atoms with Crippen molar-refractivity contribution < 1.29 is 13.2 Å². The van der Waals surface area contributed by atoms with E-state index in [4.69, 9.17) is 10.5 Å². The van der Waals surface area contributed by atoms with Gasteiger partial charge >= 0.3 is 0 Å². The molecule has 0 aromatic heterocycles. The summed E-state index contributed by atoms with van der Waals surface area (Å²) >= 11 is 0. The third kappa shape index (κ3) is 4.75. The van der Waals surface area contributed by atoms with Gasteiger partial charge in [0.1, 0.15) is 15.6 Å². The van der Waals surface area contributed by atoms with E-state index in [1.165, 1.54) is 0 Å². The lowest BCUT2D eigenvalue weighted by molar-refractivity contribution is 0.314. The van der Waals surface area contributed by atoms with Crippen molar-refractivity contribution in [1.29, 1.82) is 0 Å². The summed E-state index contributed by atoms with van der Waals surface area (Å²) in [6, 6.07) is 7.52. The van der Waals surface area contributed by atoms with Gasteiger partial charge in [0.2, 0.25) is 0 Å². The zero-order valence-electron chi connectivity index (χ0n) is 10.1. The van der Waals surface area contributed by atoms with E-state index in [1.54, 1.807) is 6.92 Å². The van der Waals surface area contributed by atoms with Crippen molar-refractivity contribution in [1.82, 2.24) is 0 Å². The van der Waals surface area contributed by atoms with E-state index in [9.17, 15) is 8.42 Å². The van der Waals surface area contributed by atoms with Crippen LogP contribution in [0.2, 0.25) is 0 Å². The minimum absolute atomic E-state index is 0.175. The van der Waals surface area contributed by atoms with Crippen molar-refractivity contribution >= 4 is 9.84 Å². The Kier molecular flexibility index (Phi) is 5.44. The molecule has 0 amide bonds. The number of sulfone groups is 1. The molecule has 0 spiro atoms. The van der Waals surface area contributed by atoms with Gasteiger partial charge in [-0.3, -0.25) is 0 Å². The number of nitrogens with two attached hydrogens (primary N) is 1. The maximum atomic E-state index is 11.3. The highest BCUT2D eigenvalue weighted by atomic mass is 32.2. The maximum absolute atomic E-state index is 11.3. The molecule has 1 rings (SSSR count). The number of benzene rings is 1. The van der Waals surface area contributed by atoms with E-state index in [1.807, 2.05) is 24.3 Å². The van der Waals surface area contributed by atoms with E-state index in [0.717, 1.165) is 11.3 Å². The summed E-state index contributed by atoms with van der Waals surface area (Å²) in [4.78, 5) is 0. The average Bonchev–Trinajstić information content (AvgIpc) is 2.35. The second kappa shape index (κ2) is 6.61. The monoisotopic (exact) mass is 257 g/mol. The molecule has 2 N–H and O–H groups in total. The van der Waals surface area contributed by atoms with Crippen LogP contribution < -0.4 is 10.5 Å². The van der Waals surface area contributed by atoms with E-state index in [2.05, 4.69) is 0 Å². The minimum Gasteiger partial charge on any atom is -0.493 e. The molecular weight excluding hydrogens is 238 g/mol. The molecule has 0 aliphatic heterocycles. The van der Waals surface area contributed by atoms with Crippen molar-refractivity contribution in [2.75, 3.05) is 18.1 Å². The number of hydrogen-bond donors (Lipinski definition) is 1. The van der Waals surface area contributed by atoms with Gasteiger partial charge in [-0.15, -0.1) is 0 Å². The fourth-order valence-corrected chi connectivity index (χ4v) is 2.26. The van der Waals surface area contributed by atoms with Crippen LogP contribution in [0.5, 0.6) is 5.75 Å². The van der Waals surface area contributed by atoms with Crippen LogP contribution in [0.4, 0.5) is 0 Å². The lowest BCUT2D eigenvalue weighted by atomic mass is 10.2. The van der Waals surface area contributed by atoms with Crippen LogP contribution in [0.15, 0.2) is 24.3 Å². The van der Waals surface area contributed by atoms with Gasteiger partial charge < -0.3 is 10.5 Å². The number of hydrogen-bond acceptors (Lipinski definition) is 4. The maximum Gasteiger partial charge on any atom is 0.150 e. The van der Waals surface area contributed by atoms with Gasteiger partial charge in [0.25, 0.3) is 0 Å². The summed E-state index contributed by atoms with van der Waals surface area (Å²) in [6.45, 7) is 2.47. The molecule has 0 saturated carbocycles. The molecular formula is C12H19NO3S. The lowest BCUT2D eigenvalue weighted by Gasteiger charge is -2.09. The van der Waals surface area contributed by atoms with Gasteiger partial charge in [0.05, 0.1) is 12.4 Å². The van der Waals surface area contributed by atoms with Crippen LogP contribution >= 0.6 is 0 Å². The summed E-state index contributed by atoms with van der Waals surface area (Å²) in [5, 5.41) is 0. The molecule has 96 valence electrons. The summed E-state index contributed by atoms with van der Waals surface area (Å²) in [5.74, 6) is 1.10. The molecule has 0 bridgehead atoms. The van der Waals surface area contributed by atoms with Crippen LogP contribution in [-0.2, 0) is 16.4 Å². The highest BCUT2D eigenvalue weighted by Crippen LogP contribution is 2.17. The van der Waals surface area contributed by atoms with Crippen LogP contribution in [-0.4, -0.2) is 26.5 Å². The van der Waals surface area contributed by atoms with Crippen molar-refractivity contribution in [3.8, 4) is 5.75 Å². The van der Waals surface area contributed by atoms with Gasteiger partial charge in [-0.25, -0.2) is 8.42 Å². The first kappa shape index (κ1) is 14.0. The Morgan fingerprint density at radius 1 is 1.29 bits per heavy atom.